The van der Waals surface area contributed by atoms with Crippen LogP contribution in [0.5, 0.6) is 0 Å². The second-order valence-corrected chi connectivity index (χ2v) is 7.36. The topological polar surface area (TPSA) is 70.8 Å². The van der Waals surface area contributed by atoms with Gasteiger partial charge in [0.15, 0.2) is 0 Å². The number of benzene rings is 1. The molecule has 134 valence electrons. The van der Waals surface area contributed by atoms with Gasteiger partial charge in [0, 0.05) is 49.1 Å². The molecule has 6 nitrogen and oxygen atoms in total. The largest absolute Gasteiger partial charge is 0.634 e. The van der Waals surface area contributed by atoms with Gasteiger partial charge in [-0.3, -0.25) is 0 Å². The highest BCUT2D eigenvalue weighted by Gasteiger charge is 2.37. The first kappa shape index (κ1) is 16.6. The van der Waals surface area contributed by atoms with Crippen LogP contribution < -0.4 is 10.4 Å². The first-order chi connectivity index (χ1) is 12.1. The van der Waals surface area contributed by atoms with Gasteiger partial charge in [-0.05, 0) is 30.5 Å². The maximum atomic E-state index is 12.1. The number of ether oxygens (including phenoxy) is 1. The first-order valence-electron chi connectivity index (χ1n) is 9.12. The van der Waals surface area contributed by atoms with Crippen molar-refractivity contribution >= 4 is 16.9 Å². The van der Waals surface area contributed by atoms with E-state index in [1.54, 1.807) is 0 Å². The quantitative estimate of drug-likeness (QED) is 0.632. The predicted octanol–water partition coefficient (Wildman–Crippen LogP) is 1.08. The highest BCUT2D eigenvalue weighted by molar-refractivity contribution is 5.95. The average molecular weight is 343 g/mol. The van der Waals surface area contributed by atoms with Crippen molar-refractivity contribution in [2.75, 3.05) is 26.2 Å². The SMILES string of the molecule is CCOC(=O)c1ccc2cc3n(c2c1)CC1(CC[NH+]([O-])CC1)CNC3. The van der Waals surface area contributed by atoms with Crippen molar-refractivity contribution in [3.63, 3.8) is 0 Å². The molecule has 0 unspecified atom stereocenters. The second-order valence-electron chi connectivity index (χ2n) is 7.36. The maximum absolute atomic E-state index is 12.1. The van der Waals surface area contributed by atoms with Crippen molar-refractivity contribution in [2.45, 2.75) is 32.9 Å². The molecule has 1 spiro atoms. The molecule has 2 aliphatic heterocycles. The van der Waals surface area contributed by atoms with E-state index >= 15 is 0 Å². The molecule has 6 heteroatoms. The monoisotopic (exact) mass is 343 g/mol. The van der Waals surface area contributed by atoms with Crippen LogP contribution in [0.2, 0.25) is 0 Å². The molecule has 1 fully saturated rings. The Labute approximate surface area is 147 Å². The molecule has 3 heterocycles. The number of aromatic nitrogens is 1. The number of hydrogen-bond donors (Lipinski definition) is 2. The van der Waals surface area contributed by atoms with Gasteiger partial charge in [-0.25, -0.2) is 4.79 Å². The van der Waals surface area contributed by atoms with Crippen LogP contribution in [-0.4, -0.2) is 36.8 Å². The zero-order valence-corrected chi connectivity index (χ0v) is 14.6. The van der Waals surface area contributed by atoms with Crippen LogP contribution in [0.3, 0.4) is 0 Å². The number of nitrogens with zero attached hydrogens (tertiary/aromatic N) is 1. The third kappa shape index (κ3) is 3.05. The molecule has 0 bridgehead atoms. The zero-order chi connectivity index (χ0) is 17.4. The second kappa shape index (κ2) is 6.44. The van der Waals surface area contributed by atoms with Crippen molar-refractivity contribution in [3.8, 4) is 0 Å². The van der Waals surface area contributed by atoms with Gasteiger partial charge in [-0.1, -0.05) is 6.07 Å². The van der Waals surface area contributed by atoms with Crippen molar-refractivity contribution in [3.05, 3.63) is 40.7 Å². The summed E-state index contributed by atoms with van der Waals surface area (Å²) in [6.07, 6.45) is 1.88. The lowest BCUT2D eigenvalue weighted by molar-refractivity contribution is -0.856. The summed E-state index contributed by atoms with van der Waals surface area (Å²) >= 11 is 0. The number of esters is 1. The van der Waals surface area contributed by atoms with Gasteiger partial charge in [0.2, 0.25) is 0 Å². The van der Waals surface area contributed by atoms with Crippen LogP contribution in [0.25, 0.3) is 10.9 Å². The van der Waals surface area contributed by atoms with Gasteiger partial charge >= 0.3 is 5.97 Å². The third-order valence-corrected chi connectivity index (χ3v) is 5.67. The van der Waals surface area contributed by atoms with Gasteiger partial charge < -0.3 is 24.9 Å². The minimum atomic E-state index is -0.273. The van der Waals surface area contributed by atoms with Crippen molar-refractivity contribution < 1.29 is 14.6 Å². The lowest BCUT2D eigenvalue weighted by Gasteiger charge is -2.41. The smallest absolute Gasteiger partial charge is 0.338 e. The number of fused-ring (bicyclic) bond motifs is 3. The van der Waals surface area contributed by atoms with Gasteiger partial charge in [0.25, 0.3) is 0 Å². The molecule has 0 saturated carbocycles. The molecule has 2 aromatic rings. The third-order valence-electron chi connectivity index (χ3n) is 5.67. The Balaban J connectivity index is 1.72. The Morgan fingerprint density at radius 3 is 2.92 bits per heavy atom. The highest BCUT2D eigenvalue weighted by atomic mass is 16.5. The standard InChI is InChI=1S/C19H25N3O3/c1-2-25-18(23)15-4-3-14-9-16-11-20-12-19(5-7-21(24)8-6-19)13-22(16)17(14)10-15/h3-4,9-10,20-21H,2,5-8,11-13H2,1H3. The lowest BCUT2D eigenvalue weighted by atomic mass is 9.78. The van der Waals surface area contributed by atoms with Crippen LogP contribution in [0.1, 0.15) is 35.8 Å². The highest BCUT2D eigenvalue weighted by Crippen LogP contribution is 2.34. The Morgan fingerprint density at radius 2 is 2.16 bits per heavy atom. The van der Waals surface area contributed by atoms with Gasteiger partial charge in [0.1, 0.15) is 0 Å². The number of carbonyl (C=O) groups excluding carboxylic acids is 1. The summed E-state index contributed by atoms with van der Waals surface area (Å²) in [5.41, 5.74) is 3.05. The number of carbonyl (C=O) groups is 1. The Morgan fingerprint density at radius 1 is 1.36 bits per heavy atom. The summed E-state index contributed by atoms with van der Waals surface area (Å²) in [4.78, 5) is 12.1. The van der Waals surface area contributed by atoms with Crippen LogP contribution in [0, 0.1) is 10.6 Å². The fourth-order valence-corrected chi connectivity index (χ4v) is 4.23. The summed E-state index contributed by atoms with van der Waals surface area (Å²) < 4.78 is 7.49. The first-order valence-corrected chi connectivity index (χ1v) is 9.12. The molecule has 1 aromatic carbocycles. The summed E-state index contributed by atoms with van der Waals surface area (Å²) in [6.45, 7) is 6.23. The molecule has 1 saturated heterocycles. The Hall–Kier alpha value is -1.89. The van der Waals surface area contributed by atoms with Crippen LogP contribution in [-0.2, 0) is 17.8 Å². The Kier molecular flexibility index (Phi) is 4.27. The number of hydrogen-bond acceptors (Lipinski definition) is 4. The molecule has 2 aliphatic rings. The van der Waals surface area contributed by atoms with E-state index in [9.17, 15) is 10.0 Å². The summed E-state index contributed by atoms with van der Waals surface area (Å²) in [6, 6.07) is 7.98. The average Bonchev–Trinajstić information content (AvgIpc) is 2.84. The molecule has 0 atom stereocenters. The molecule has 0 radical (unpaired) electrons. The van der Waals surface area contributed by atoms with E-state index in [2.05, 4.69) is 16.0 Å². The number of quaternary nitrogens is 1. The molecular weight excluding hydrogens is 318 g/mol. The Bertz CT molecular complexity index is 791. The summed E-state index contributed by atoms with van der Waals surface area (Å²) in [7, 11) is 0. The number of piperidine rings is 1. The minimum absolute atomic E-state index is 0.130. The van der Waals surface area contributed by atoms with E-state index in [0.29, 0.717) is 30.3 Å². The minimum Gasteiger partial charge on any atom is -0.634 e. The zero-order valence-electron chi connectivity index (χ0n) is 14.6. The predicted molar refractivity (Wildman–Crippen MR) is 95.3 cm³/mol. The molecule has 2 N–H and O–H groups in total. The number of hydroxylamine groups is 2. The number of rotatable bonds is 2. The van der Waals surface area contributed by atoms with E-state index in [-0.39, 0.29) is 11.4 Å². The number of nitrogens with one attached hydrogen (secondary N) is 2. The van der Waals surface area contributed by atoms with Crippen molar-refractivity contribution in [1.82, 2.24) is 9.88 Å². The fraction of sp³-hybridized carbons (Fsp3) is 0.526. The van der Waals surface area contributed by atoms with Crippen LogP contribution in [0.15, 0.2) is 24.3 Å². The molecular formula is C19H25N3O3. The van der Waals surface area contributed by atoms with Gasteiger partial charge in [-0.2, -0.15) is 0 Å². The lowest BCUT2D eigenvalue weighted by Crippen LogP contribution is -3.08. The fourth-order valence-electron chi connectivity index (χ4n) is 4.23. The van der Waals surface area contributed by atoms with Crippen LogP contribution >= 0.6 is 0 Å². The van der Waals surface area contributed by atoms with Gasteiger partial charge in [0.05, 0.1) is 25.3 Å². The normalized spacial score (nSPS) is 26.4. The van der Waals surface area contributed by atoms with Crippen molar-refractivity contribution in [1.29, 1.82) is 0 Å². The van der Waals surface area contributed by atoms with E-state index in [1.165, 1.54) is 5.69 Å². The maximum Gasteiger partial charge on any atom is 0.338 e. The molecule has 25 heavy (non-hydrogen) atoms. The molecule has 0 aliphatic carbocycles. The molecule has 1 aromatic heterocycles. The van der Waals surface area contributed by atoms with E-state index in [0.717, 1.165) is 43.4 Å². The molecule has 0 amide bonds. The van der Waals surface area contributed by atoms with Crippen molar-refractivity contribution in [2.24, 2.45) is 5.41 Å². The van der Waals surface area contributed by atoms with E-state index in [4.69, 9.17) is 4.74 Å². The summed E-state index contributed by atoms with van der Waals surface area (Å²) in [5, 5.41) is 16.8. The van der Waals surface area contributed by atoms with E-state index in [1.807, 2.05) is 25.1 Å². The van der Waals surface area contributed by atoms with E-state index < -0.39 is 0 Å². The molecule has 4 rings (SSSR count). The van der Waals surface area contributed by atoms with Gasteiger partial charge in [-0.15, -0.1) is 0 Å². The van der Waals surface area contributed by atoms with Crippen LogP contribution in [0.4, 0.5) is 0 Å². The summed E-state index contributed by atoms with van der Waals surface area (Å²) in [5.74, 6) is -0.273.